The third-order valence-electron chi connectivity index (χ3n) is 1.16. The van der Waals surface area contributed by atoms with Crippen molar-refractivity contribution in [3.63, 3.8) is 0 Å². The van der Waals surface area contributed by atoms with Crippen LogP contribution in [0.3, 0.4) is 0 Å². The van der Waals surface area contributed by atoms with E-state index < -0.39 is 0 Å². The molecule has 0 bridgehead atoms. The fourth-order valence-electron chi connectivity index (χ4n) is 0.623. The lowest BCUT2D eigenvalue weighted by atomic mass is 10.4. The molecule has 9 heavy (non-hydrogen) atoms. The molecule has 0 rings (SSSR count). The maximum atomic E-state index is 5.35. The summed E-state index contributed by atoms with van der Waals surface area (Å²) in [5.74, 6) is 1.11. The fourth-order valence-corrected chi connectivity index (χ4v) is 0.623. The summed E-state index contributed by atoms with van der Waals surface area (Å²) in [7, 11) is 0. The molecule has 0 fully saturated rings. The van der Waals surface area contributed by atoms with Crippen molar-refractivity contribution in [2.45, 2.75) is 33.6 Å². The van der Waals surface area contributed by atoms with Gasteiger partial charge in [-0.3, -0.25) is 0 Å². The van der Waals surface area contributed by atoms with Crippen LogP contribution in [-0.4, -0.2) is 6.61 Å². The monoisotopic (exact) mass is 128 g/mol. The number of hydrogen-bond acceptors (Lipinski definition) is 1. The van der Waals surface area contributed by atoms with Gasteiger partial charge in [-0.15, -0.1) is 0 Å². The standard InChI is InChI=1S/C8H16O/c1-4-7-9-8(5-2)6-3/h5H,4,6-7H2,1-3H3. The Balaban J connectivity index is 3.33. The van der Waals surface area contributed by atoms with Gasteiger partial charge in [0.15, 0.2) is 0 Å². The first kappa shape index (κ1) is 8.54. The summed E-state index contributed by atoms with van der Waals surface area (Å²) in [6.07, 6.45) is 4.13. The first-order chi connectivity index (χ1) is 4.35. The van der Waals surface area contributed by atoms with Gasteiger partial charge in [-0.2, -0.15) is 0 Å². The van der Waals surface area contributed by atoms with E-state index in [1.165, 1.54) is 0 Å². The van der Waals surface area contributed by atoms with Gasteiger partial charge in [-0.25, -0.2) is 0 Å². The SMILES string of the molecule is CC=C(CC)OCCC. The molecule has 0 aliphatic rings. The minimum atomic E-state index is 0.855. The Labute approximate surface area is 57.7 Å². The van der Waals surface area contributed by atoms with Crippen LogP contribution >= 0.6 is 0 Å². The molecule has 0 aromatic carbocycles. The lowest BCUT2D eigenvalue weighted by molar-refractivity contribution is 0.204. The lowest BCUT2D eigenvalue weighted by Gasteiger charge is -2.04. The number of ether oxygens (including phenoxy) is 1. The molecule has 0 saturated carbocycles. The normalized spacial score (nSPS) is 11.7. The van der Waals surface area contributed by atoms with Crippen molar-refractivity contribution in [3.8, 4) is 0 Å². The summed E-state index contributed by atoms with van der Waals surface area (Å²) in [5.41, 5.74) is 0. The summed E-state index contributed by atoms with van der Waals surface area (Å²) in [6, 6.07) is 0. The smallest absolute Gasteiger partial charge is 0.0914 e. The van der Waals surface area contributed by atoms with Crippen LogP contribution in [0.4, 0.5) is 0 Å². The third-order valence-corrected chi connectivity index (χ3v) is 1.16. The van der Waals surface area contributed by atoms with E-state index in [1.54, 1.807) is 0 Å². The zero-order valence-electron chi connectivity index (χ0n) is 6.61. The zero-order chi connectivity index (χ0) is 7.11. The van der Waals surface area contributed by atoms with Crippen LogP contribution in [0.1, 0.15) is 33.6 Å². The summed E-state index contributed by atoms with van der Waals surface area (Å²) in [6.45, 7) is 7.08. The Hall–Kier alpha value is -0.460. The van der Waals surface area contributed by atoms with Gasteiger partial charge < -0.3 is 4.74 Å². The van der Waals surface area contributed by atoms with Gasteiger partial charge in [0.05, 0.1) is 12.4 Å². The molecule has 0 saturated heterocycles. The second kappa shape index (κ2) is 5.67. The molecule has 0 aliphatic heterocycles. The van der Waals surface area contributed by atoms with Crippen LogP contribution in [0.5, 0.6) is 0 Å². The molecule has 1 heteroatoms. The van der Waals surface area contributed by atoms with Crippen molar-refractivity contribution in [2.24, 2.45) is 0 Å². The van der Waals surface area contributed by atoms with Crippen molar-refractivity contribution in [1.82, 2.24) is 0 Å². The zero-order valence-corrected chi connectivity index (χ0v) is 6.61. The Kier molecular flexibility index (Phi) is 5.38. The molecule has 54 valence electrons. The van der Waals surface area contributed by atoms with Crippen LogP contribution in [0.2, 0.25) is 0 Å². The Morgan fingerprint density at radius 2 is 2.11 bits per heavy atom. The van der Waals surface area contributed by atoms with Crippen LogP contribution in [-0.2, 0) is 4.74 Å². The largest absolute Gasteiger partial charge is 0.498 e. The number of rotatable bonds is 4. The maximum Gasteiger partial charge on any atom is 0.0914 e. The first-order valence-electron chi connectivity index (χ1n) is 3.63. The van der Waals surface area contributed by atoms with Gasteiger partial charge in [0, 0.05) is 6.42 Å². The minimum absolute atomic E-state index is 0.855. The van der Waals surface area contributed by atoms with Crippen LogP contribution < -0.4 is 0 Å². The van der Waals surface area contributed by atoms with Gasteiger partial charge >= 0.3 is 0 Å². The summed E-state index contributed by atoms with van der Waals surface area (Å²) in [5, 5.41) is 0. The van der Waals surface area contributed by atoms with Crippen LogP contribution in [0, 0.1) is 0 Å². The topological polar surface area (TPSA) is 9.23 Å². The molecule has 0 heterocycles. The van der Waals surface area contributed by atoms with Gasteiger partial charge in [-0.1, -0.05) is 13.8 Å². The van der Waals surface area contributed by atoms with E-state index in [9.17, 15) is 0 Å². The molecule has 0 aliphatic carbocycles. The summed E-state index contributed by atoms with van der Waals surface area (Å²) >= 11 is 0. The number of hydrogen-bond donors (Lipinski definition) is 0. The van der Waals surface area contributed by atoms with Crippen molar-refractivity contribution in [2.75, 3.05) is 6.61 Å². The van der Waals surface area contributed by atoms with Crippen LogP contribution in [0.15, 0.2) is 11.8 Å². The molecule has 1 nitrogen and oxygen atoms in total. The second-order valence-electron chi connectivity index (χ2n) is 1.96. The van der Waals surface area contributed by atoms with E-state index in [4.69, 9.17) is 4.74 Å². The quantitative estimate of drug-likeness (QED) is 0.529. The van der Waals surface area contributed by atoms with Gasteiger partial charge in [-0.05, 0) is 19.4 Å². The molecule has 0 radical (unpaired) electrons. The molecule has 0 atom stereocenters. The Morgan fingerprint density at radius 3 is 2.44 bits per heavy atom. The molecule has 0 spiro atoms. The van der Waals surface area contributed by atoms with E-state index in [2.05, 4.69) is 13.8 Å². The average Bonchev–Trinajstić information content (AvgIpc) is 1.91. The minimum Gasteiger partial charge on any atom is -0.498 e. The predicted molar refractivity (Wildman–Crippen MR) is 40.3 cm³/mol. The Bertz CT molecular complexity index is 84.6. The molecule has 0 aromatic heterocycles. The molecule has 0 unspecified atom stereocenters. The fraction of sp³-hybridized carbons (Fsp3) is 0.750. The average molecular weight is 128 g/mol. The van der Waals surface area contributed by atoms with Crippen molar-refractivity contribution in [3.05, 3.63) is 11.8 Å². The van der Waals surface area contributed by atoms with E-state index in [0.717, 1.165) is 25.2 Å². The van der Waals surface area contributed by atoms with E-state index >= 15 is 0 Å². The molecule has 0 amide bonds. The first-order valence-corrected chi connectivity index (χ1v) is 3.63. The van der Waals surface area contributed by atoms with E-state index in [1.807, 2.05) is 13.0 Å². The highest BCUT2D eigenvalue weighted by atomic mass is 16.5. The number of allylic oxidation sites excluding steroid dienone is 2. The van der Waals surface area contributed by atoms with E-state index in [0.29, 0.717) is 0 Å². The molecular formula is C8H16O. The van der Waals surface area contributed by atoms with Gasteiger partial charge in [0.1, 0.15) is 0 Å². The summed E-state index contributed by atoms with van der Waals surface area (Å²) < 4.78 is 5.35. The van der Waals surface area contributed by atoms with Gasteiger partial charge in [0.25, 0.3) is 0 Å². The predicted octanol–water partition coefficient (Wildman–Crippen LogP) is 2.73. The lowest BCUT2D eigenvalue weighted by Crippen LogP contribution is -1.91. The molecule has 0 N–H and O–H groups in total. The molecular weight excluding hydrogens is 112 g/mol. The van der Waals surface area contributed by atoms with Crippen molar-refractivity contribution >= 4 is 0 Å². The van der Waals surface area contributed by atoms with Crippen LogP contribution in [0.25, 0.3) is 0 Å². The van der Waals surface area contributed by atoms with Crippen molar-refractivity contribution in [1.29, 1.82) is 0 Å². The third kappa shape index (κ3) is 4.07. The second-order valence-corrected chi connectivity index (χ2v) is 1.96. The van der Waals surface area contributed by atoms with Gasteiger partial charge in [0.2, 0.25) is 0 Å². The highest BCUT2D eigenvalue weighted by Crippen LogP contribution is 2.01. The highest BCUT2D eigenvalue weighted by Gasteiger charge is 1.88. The Morgan fingerprint density at radius 1 is 1.44 bits per heavy atom. The maximum absolute atomic E-state index is 5.35. The van der Waals surface area contributed by atoms with Crippen molar-refractivity contribution < 1.29 is 4.74 Å². The highest BCUT2D eigenvalue weighted by molar-refractivity contribution is 4.88. The van der Waals surface area contributed by atoms with E-state index in [-0.39, 0.29) is 0 Å². The molecule has 0 aromatic rings. The summed E-state index contributed by atoms with van der Waals surface area (Å²) in [4.78, 5) is 0.